The maximum atomic E-state index is 12.1. The molecule has 1 fully saturated rings. The van der Waals surface area contributed by atoms with Crippen LogP contribution in [0.4, 0.5) is 0 Å². The van der Waals surface area contributed by atoms with Crippen molar-refractivity contribution < 1.29 is 9.21 Å². The lowest BCUT2D eigenvalue weighted by molar-refractivity contribution is 0.0653. The van der Waals surface area contributed by atoms with Gasteiger partial charge >= 0.3 is 0 Å². The van der Waals surface area contributed by atoms with E-state index >= 15 is 0 Å². The first-order valence-corrected chi connectivity index (χ1v) is 5.19. The maximum absolute atomic E-state index is 12.1. The van der Waals surface area contributed by atoms with E-state index in [1.165, 1.54) is 6.26 Å². The Balaban J connectivity index is 2.21. The third kappa shape index (κ3) is 1.79. The highest BCUT2D eigenvalue weighted by molar-refractivity contribution is 5.93. The number of hydrogen-bond donors (Lipinski definition) is 1. The fourth-order valence-corrected chi connectivity index (χ4v) is 1.79. The van der Waals surface area contributed by atoms with Crippen LogP contribution in [0.1, 0.15) is 16.1 Å². The number of nitrogens with one attached hydrogen (secondary N) is 1. The molecule has 1 aliphatic rings. The fourth-order valence-electron chi connectivity index (χ4n) is 1.79. The average Bonchev–Trinajstić information content (AvgIpc) is 2.74. The third-order valence-corrected chi connectivity index (χ3v) is 2.71. The fraction of sp³-hybridized carbons (Fsp3) is 0.455. The molecule has 0 bridgehead atoms. The normalized spacial score (nSPS) is 20.5. The predicted octanol–water partition coefficient (Wildman–Crippen LogP) is 0.526. The van der Waals surface area contributed by atoms with Crippen LogP contribution in [0.2, 0.25) is 0 Å². The monoisotopic (exact) mass is 219 g/mol. The summed E-state index contributed by atoms with van der Waals surface area (Å²) in [6.45, 7) is 3.59. The van der Waals surface area contributed by atoms with Gasteiger partial charge in [-0.3, -0.25) is 4.79 Å². The zero-order valence-electron chi connectivity index (χ0n) is 9.06. The molecule has 1 aliphatic heterocycles. The molecule has 0 spiro atoms. The third-order valence-electron chi connectivity index (χ3n) is 2.71. The Bertz CT molecular complexity index is 433. The highest BCUT2D eigenvalue weighted by atomic mass is 16.3. The van der Waals surface area contributed by atoms with E-state index in [1.807, 2.05) is 6.92 Å². The number of hydrogen-bond acceptors (Lipinski definition) is 4. The van der Waals surface area contributed by atoms with Crippen molar-refractivity contribution in [3.05, 3.63) is 23.7 Å². The van der Waals surface area contributed by atoms with Crippen LogP contribution < -0.4 is 5.32 Å². The second-order valence-electron chi connectivity index (χ2n) is 3.78. The highest BCUT2D eigenvalue weighted by Crippen LogP contribution is 2.14. The minimum atomic E-state index is -0.411. The van der Waals surface area contributed by atoms with Gasteiger partial charge in [0.05, 0.1) is 12.3 Å². The molecule has 0 aromatic carbocycles. The molecule has 1 saturated heterocycles. The largest absolute Gasteiger partial charge is 0.459 e. The molecule has 2 rings (SSSR count). The molecule has 1 aromatic rings. The van der Waals surface area contributed by atoms with Crippen molar-refractivity contribution in [3.8, 4) is 6.07 Å². The van der Waals surface area contributed by atoms with Crippen molar-refractivity contribution in [2.45, 2.75) is 13.0 Å². The highest BCUT2D eigenvalue weighted by Gasteiger charge is 2.29. The smallest absolute Gasteiger partial charge is 0.290 e. The van der Waals surface area contributed by atoms with Crippen molar-refractivity contribution >= 4 is 5.91 Å². The molecule has 1 amide bonds. The number of amides is 1. The summed E-state index contributed by atoms with van der Waals surface area (Å²) < 4.78 is 5.15. The van der Waals surface area contributed by atoms with E-state index in [-0.39, 0.29) is 5.91 Å². The van der Waals surface area contributed by atoms with Gasteiger partial charge in [0.25, 0.3) is 5.91 Å². The predicted molar refractivity (Wildman–Crippen MR) is 56.8 cm³/mol. The van der Waals surface area contributed by atoms with Crippen molar-refractivity contribution in [1.82, 2.24) is 10.2 Å². The van der Waals surface area contributed by atoms with Crippen molar-refractivity contribution in [3.63, 3.8) is 0 Å². The van der Waals surface area contributed by atoms with Gasteiger partial charge in [0.15, 0.2) is 5.76 Å². The number of furan rings is 1. The average molecular weight is 219 g/mol. The Morgan fingerprint density at radius 1 is 1.75 bits per heavy atom. The quantitative estimate of drug-likeness (QED) is 0.747. The molecule has 5 nitrogen and oxygen atoms in total. The summed E-state index contributed by atoms with van der Waals surface area (Å²) in [5.41, 5.74) is 0.806. The molecule has 1 N–H and O–H groups in total. The van der Waals surface area contributed by atoms with Gasteiger partial charge in [-0.2, -0.15) is 5.26 Å². The van der Waals surface area contributed by atoms with Gasteiger partial charge in [-0.15, -0.1) is 0 Å². The topological polar surface area (TPSA) is 69.3 Å². The van der Waals surface area contributed by atoms with Gasteiger partial charge < -0.3 is 14.6 Å². The molecular formula is C11H13N3O2. The second kappa shape index (κ2) is 4.37. The summed E-state index contributed by atoms with van der Waals surface area (Å²) >= 11 is 0. The van der Waals surface area contributed by atoms with E-state index in [1.54, 1.807) is 11.0 Å². The van der Waals surface area contributed by atoms with Crippen molar-refractivity contribution in [2.75, 3.05) is 19.6 Å². The number of carbonyl (C=O) groups excluding carboxylic acids is 1. The van der Waals surface area contributed by atoms with E-state index in [0.29, 0.717) is 25.4 Å². The van der Waals surface area contributed by atoms with Gasteiger partial charge in [0.1, 0.15) is 6.04 Å². The summed E-state index contributed by atoms with van der Waals surface area (Å²) in [7, 11) is 0. The summed E-state index contributed by atoms with van der Waals surface area (Å²) in [6, 6.07) is 3.45. The van der Waals surface area contributed by atoms with Gasteiger partial charge in [-0.25, -0.2) is 0 Å². The van der Waals surface area contributed by atoms with E-state index in [0.717, 1.165) is 5.56 Å². The number of carbonyl (C=O) groups is 1. The molecular weight excluding hydrogens is 206 g/mol. The molecule has 16 heavy (non-hydrogen) atoms. The SMILES string of the molecule is Cc1ccoc1C(=O)N1CCNCC1C#N. The Morgan fingerprint density at radius 3 is 3.19 bits per heavy atom. The van der Waals surface area contributed by atoms with Crippen LogP contribution in [0.3, 0.4) is 0 Å². The number of nitrogens with zero attached hydrogens (tertiary/aromatic N) is 2. The number of rotatable bonds is 1. The molecule has 1 aromatic heterocycles. The molecule has 1 unspecified atom stereocenters. The Kier molecular flexibility index (Phi) is 2.93. The lowest BCUT2D eigenvalue weighted by Crippen LogP contribution is -2.53. The van der Waals surface area contributed by atoms with Gasteiger partial charge in [0.2, 0.25) is 0 Å². The standard InChI is InChI=1S/C11H13N3O2/c1-8-2-5-16-10(8)11(15)14-4-3-13-7-9(14)6-12/h2,5,9,13H,3-4,7H2,1H3. The van der Waals surface area contributed by atoms with Crippen LogP contribution in [0.5, 0.6) is 0 Å². The molecule has 84 valence electrons. The first kappa shape index (κ1) is 10.7. The Morgan fingerprint density at radius 2 is 2.56 bits per heavy atom. The summed E-state index contributed by atoms with van der Waals surface area (Å²) in [5.74, 6) is 0.137. The first-order chi connectivity index (χ1) is 7.74. The van der Waals surface area contributed by atoms with Crippen LogP contribution in [0.15, 0.2) is 16.7 Å². The van der Waals surface area contributed by atoms with Crippen LogP contribution in [-0.2, 0) is 0 Å². The number of nitriles is 1. The molecule has 2 heterocycles. The lowest BCUT2D eigenvalue weighted by Gasteiger charge is -2.31. The molecule has 0 aliphatic carbocycles. The Hall–Kier alpha value is -1.80. The lowest BCUT2D eigenvalue weighted by atomic mass is 10.1. The van der Waals surface area contributed by atoms with E-state index in [2.05, 4.69) is 11.4 Å². The molecule has 1 atom stereocenters. The molecule has 5 heteroatoms. The Labute approximate surface area is 93.6 Å². The van der Waals surface area contributed by atoms with E-state index in [4.69, 9.17) is 9.68 Å². The van der Waals surface area contributed by atoms with Gasteiger partial charge in [-0.1, -0.05) is 0 Å². The van der Waals surface area contributed by atoms with Crippen LogP contribution in [-0.4, -0.2) is 36.5 Å². The summed E-state index contributed by atoms with van der Waals surface area (Å²) in [5, 5.41) is 12.0. The first-order valence-electron chi connectivity index (χ1n) is 5.19. The van der Waals surface area contributed by atoms with Gasteiger partial charge in [0, 0.05) is 25.2 Å². The van der Waals surface area contributed by atoms with Crippen LogP contribution in [0, 0.1) is 18.3 Å². The zero-order valence-corrected chi connectivity index (χ0v) is 9.06. The van der Waals surface area contributed by atoms with Crippen molar-refractivity contribution in [2.24, 2.45) is 0 Å². The van der Waals surface area contributed by atoms with Crippen LogP contribution in [0.25, 0.3) is 0 Å². The van der Waals surface area contributed by atoms with E-state index in [9.17, 15) is 4.79 Å². The number of aryl methyl sites for hydroxylation is 1. The minimum absolute atomic E-state index is 0.199. The molecule has 0 radical (unpaired) electrons. The zero-order chi connectivity index (χ0) is 11.5. The summed E-state index contributed by atoms with van der Waals surface area (Å²) in [4.78, 5) is 13.7. The summed E-state index contributed by atoms with van der Waals surface area (Å²) in [6.07, 6.45) is 1.49. The van der Waals surface area contributed by atoms with Crippen molar-refractivity contribution in [1.29, 1.82) is 5.26 Å². The van der Waals surface area contributed by atoms with Gasteiger partial charge in [-0.05, 0) is 13.0 Å². The second-order valence-corrected chi connectivity index (χ2v) is 3.78. The van der Waals surface area contributed by atoms with E-state index < -0.39 is 6.04 Å². The minimum Gasteiger partial charge on any atom is -0.459 e. The van der Waals surface area contributed by atoms with Crippen LogP contribution >= 0.6 is 0 Å². The number of piperazine rings is 1. The maximum Gasteiger partial charge on any atom is 0.290 e. The molecule has 0 saturated carbocycles.